The van der Waals surface area contributed by atoms with Gasteiger partial charge in [0, 0.05) is 12.6 Å². The third-order valence-electron chi connectivity index (χ3n) is 4.04. The molecular weight excluding hydrogens is 288 g/mol. The molecule has 0 radical (unpaired) electrons. The summed E-state index contributed by atoms with van der Waals surface area (Å²) < 4.78 is 0. The Morgan fingerprint density at radius 1 is 1.13 bits per heavy atom. The molecule has 0 fully saturated rings. The Bertz CT molecular complexity index is 683. The van der Waals surface area contributed by atoms with Gasteiger partial charge in [-0.3, -0.25) is 5.01 Å². The summed E-state index contributed by atoms with van der Waals surface area (Å²) in [5.74, 6) is 0.210. The van der Waals surface area contributed by atoms with Gasteiger partial charge in [0.25, 0.3) is 0 Å². The minimum Gasteiger partial charge on any atom is -0.507 e. The molecule has 2 aromatic rings. The number of aromatic hydroxyl groups is 1. The van der Waals surface area contributed by atoms with Gasteiger partial charge in [-0.15, -0.1) is 0 Å². The van der Waals surface area contributed by atoms with Gasteiger partial charge in [-0.05, 0) is 38.5 Å². The fourth-order valence-electron chi connectivity index (χ4n) is 2.45. The maximum atomic E-state index is 10.5. The first-order chi connectivity index (χ1) is 10.9. The van der Waals surface area contributed by atoms with Crippen molar-refractivity contribution < 1.29 is 10.2 Å². The third-order valence-corrected chi connectivity index (χ3v) is 4.04. The Labute approximate surface area is 137 Å². The van der Waals surface area contributed by atoms with Crippen LogP contribution in [-0.4, -0.2) is 34.0 Å². The lowest BCUT2D eigenvalue weighted by Gasteiger charge is -2.27. The van der Waals surface area contributed by atoms with Crippen molar-refractivity contribution in [2.45, 2.75) is 32.9 Å². The van der Waals surface area contributed by atoms with Crippen LogP contribution in [0.25, 0.3) is 0 Å². The quantitative estimate of drug-likeness (QED) is 0.656. The summed E-state index contributed by atoms with van der Waals surface area (Å²) in [7, 11) is 1.83. The Hall–Kier alpha value is -2.33. The van der Waals surface area contributed by atoms with E-state index in [4.69, 9.17) is 0 Å². The summed E-state index contributed by atoms with van der Waals surface area (Å²) in [4.78, 5) is 0. The number of aliphatic hydroxyl groups excluding tert-OH is 1. The number of hydrogen-bond donors (Lipinski definition) is 2. The number of benzene rings is 2. The number of nitrogens with zero attached hydrogens (tertiary/aromatic N) is 2. The average molecular weight is 312 g/mol. The predicted octanol–water partition coefficient (Wildman–Crippen LogP) is 3.48. The van der Waals surface area contributed by atoms with Gasteiger partial charge in [-0.2, -0.15) is 5.10 Å². The zero-order valence-electron chi connectivity index (χ0n) is 14.1. The van der Waals surface area contributed by atoms with E-state index in [1.54, 1.807) is 11.1 Å². The Morgan fingerprint density at radius 2 is 1.78 bits per heavy atom. The topological polar surface area (TPSA) is 56.1 Å². The molecule has 0 amide bonds. The molecule has 0 spiro atoms. The minimum absolute atomic E-state index is 0.195. The van der Waals surface area contributed by atoms with Gasteiger partial charge in [0.1, 0.15) is 11.9 Å². The second kappa shape index (κ2) is 7.29. The van der Waals surface area contributed by atoms with Crippen molar-refractivity contribution in [1.29, 1.82) is 0 Å². The first-order valence-electron chi connectivity index (χ1n) is 7.71. The van der Waals surface area contributed by atoms with Crippen molar-refractivity contribution in [2.24, 2.45) is 5.10 Å². The van der Waals surface area contributed by atoms with E-state index in [1.807, 2.05) is 70.3 Å². The molecular formula is C19H24N2O2. The molecule has 0 aromatic heterocycles. The highest BCUT2D eigenvalue weighted by Crippen LogP contribution is 2.22. The van der Waals surface area contributed by atoms with Crippen LogP contribution in [0.5, 0.6) is 5.75 Å². The average Bonchev–Trinajstić information content (AvgIpc) is 2.56. The lowest BCUT2D eigenvalue weighted by Crippen LogP contribution is -2.31. The molecule has 0 bridgehead atoms. The van der Waals surface area contributed by atoms with Crippen LogP contribution >= 0.6 is 0 Å². The number of rotatable bonds is 5. The number of phenols is 1. The standard InChI is InChI=1S/C19H24N2O2/c1-13-10-11-18(22)17(12-13)14(2)20-21(4)15(3)19(23)16-8-6-5-7-9-16/h5-12,15,19,22-23H,1-4H3/b20-14+/t15-,19-/m0/s1. The summed E-state index contributed by atoms with van der Waals surface area (Å²) in [6.07, 6.45) is -0.635. The highest BCUT2D eigenvalue weighted by Gasteiger charge is 2.20. The van der Waals surface area contributed by atoms with Crippen LogP contribution in [0.1, 0.15) is 36.6 Å². The molecule has 0 unspecified atom stereocenters. The number of hydrogen-bond acceptors (Lipinski definition) is 4. The predicted molar refractivity (Wildman–Crippen MR) is 93.7 cm³/mol. The van der Waals surface area contributed by atoms with Gasteiger partial charge in [0.05, 0.1) is 11.8 Å². The van der Waals surface area contributed by atoms with E-state index in [2.05, 4.69) is 5.10 Å². The smallest absolute Gasteiger partial charge is 0.124 e. The van der Waals surface area contributed by atoms with E-state index in [0.29, 0.717) is 11.3 Å². The van der Waals surface area contributed by atoms with Crippen molar-refractivity contribution in [3.05, 3.63) is 65.2 Å². The normalized spacial score (nSPS) is 14.4. The van der Waals surface area contributed by atoms with Crippen LogP contribution in [0.4, 0.5) is 0 Å². The van der Waals surface area contributed by atoms with Crippen molar-refractivity contribution >= 4 is 5.71 Å². The molecule has 0 aliphatic rings. The number of aliphatic hydroxyl groups is 1. The molecule has 0 heterocycles. The van der Waals surface area contributed by atoms with Crippen LogP contribution in [0.2, 0.25) is 0 Å². The van der Waals surface area contributed by atoms with Gasteiger partial charge in [-0.1, -0.05) is 42.0 Å². The maximum absolute atomic E-state index is 10.5. The second-order valence-corrected chi connectivity index (χ2v) is 5.88. The molecule has 0 aliphatic heterocycles. The van der Waals surface area contributed by atoms with E-state index >= 15 is 0 Å². The van der Waals surface area contributed by atoms with Crippen molar-refractivity contribution in [1.82, 2.24) is 5.01 Å². The van der Waals surface area contributed by atoms with Gasteiger partial charge in [0.2, 0.25) is 0 Å². The van der Waals surface area contributed by atoms with Gasteiger partial charge in [0.15, 0.2) is 0 Å². The zero-order valence-corrected chi connectivity index (χ0v) is 14.1. The Kier molecular flexibility index (Phi) is 5.40. The summed E-state index contributed by atoms with van der Waals surface area (Å²) in [6, 6.07) is 14.8. The molecule has 0 saturated carbocycles. The van der Waals surface area contributed by atoms with Crippen molar-refractivity contribution in [3.8, 4) is 5.75 Å². The molecule has 0 aliphatic carbocycles. The molecule has 2 N–H and O–H groups in total. The largest absolute Gasteiger partial charge is 0.507 e. The molecule has 4 heteroatoms. The highest BCUT2D eigenvalue weighted by atomic mass is 16.3. The summed E-state index contributed by atoms with van der Waals surface area (Å²) in [6.45, 7) is 5.75. The second-order valence-electron chi connectivity index (χ2n) is 5.88. The maximum Gasteiger partial charge on any atom is 0.124 e. The lowest BCUT2D eigenvalue weighted by molar-refractivity contribution is 0.0744. The van der Waals surface area contributed by atoms with E-state index in [-0.39, 0.29) is 11.8 Å². The van der Waals surface area contributed by atoms with Crippen molar-refractivity contribution in [3.63, 3.8) is 0 Å². The van der Waals surface area contributed by atoms with E-state index in [9.17, 15) is 10.2 Å². The van der Waals surface area contributed by atoms with Gasteiger partial charge < -0.3 is 10.2 Å². The van der Waals surface area contributed by atoms with E-state index in [0.717, 1.165) is 11.1 Å². The Balaban J connectivity index is 2.19. The van der Waals surface area contributed by atoms with Crippen molar-refractivity contribution in [2.75, 3.05) is 7.05 Å². The molecule has 4 nitrogen and oxygen atoms in total. The molecule has 23 heavy (non-hydrogen) atoms. The summed E-state index contributed by atoms with van der Waals surface area (Å²) in [5.41, 5.74) is 3.34. The lowest BCUT2D eigenvalue weighted by atomic mass is 10.0. The first-order valence-corrected chi connectivity index (χ1v) is 7.71. The summed E-state index contributed by atoms with van der Waals surface area (Å²) >= 11 is 0. The third kappa shape index (κ3) is 4.11. The highest BCUT2D eigenvalue weighted by molar-refractivity contribution is 6.01. The monoisotopic (exact) mass is 312 g/mol. The molecule has 2 atom stereocenters. The van der Waals surface area contributed by atoms with Crippen LogP contribution < -0.4 is 0 Å². The number of likely N-dealkylation sites (N-methyl/N-ethyl adjacent to an activating group) is 1. The number of aryl methyl sites for hydroxylation is 1. The molecule has 2 rings (SSSR count). The molecule has 2 aromatic carbocycles. The zero-order chi connectivity index (χ0) is 17.0. The molecule has 122 valence electrons. The van der Waals surface area contributed by atoms with E-state index in [1.165, 1.54) is 0 Å². The summed E-state index contributed by atoms with van der Waals surface area (Å²) in [5, 5.41) is 26.7. The minimum atomic E-state index is -0.635. The van der Waals surface area contributed by atoms with Gasteiger partial charge in [-0.25, -0.2) is 0 Å². The SMILES string of the molecule is C/C(=N\N(C)[C@@H](C)[C@H](O)c1ccccc1)c1cc(C)ccc1O. The fourth-order valence-corrected chi connectivity index (χ4v) is 2.45. The van der Waals surface area contributed by atoms with Gasteiger partial charge >= 0.3 is 0 Å². The molecule has 0 saturated heterocycles. The first kappa shape index (κ1) is 17.0. The van der Waals surface area contributed by atoms with Crippen LogP contribution in [0.15, 0.2) is 53.6 Å². The van der Waals surface area contributed by atoms with Crippen LogP contribution in [-0.2, 0) is 0 Å². The Morgan fingerprint density at radius 3 is 2.43 bits per heavy atom. The van der Waals surface area contributed by atoms with Crippen LogP contribution in [0.3, 0.4) is 0 Å². The fraction of sp³-hybridized carbons (Fsp3) is 0.316. The van der Waals surface area contributed by atoms with E-state index < -0.39 is 6.10 Å². The number of phenolic OH excluding ortho intramolecular Hbond substituents is 1. The van der Waals surface area contributed by atoms with Crippen LogP contribution in [0, 0.1) is 6.92 Å². The number of hydrazone groups is 1.